The van der Waals surface area contributed by atoms with E-state index >= 15 is 0 Å². The molecule has 0 aliphatic carbocycles. The number of imidazole rings is 1. The number of fused-ring (bicyclic) bond motifs is 1. The molecule has 0 saturated carbocycles. The van der Waals surface area contributed by atoms with E-state index in [9.17, 15) is 4.79 Å². The van der Waals surface area contributed by atoms with Crippen LogP contribution in [-0.2, 0) is 17.8 Å². The first-order valence-corrected chi connectivity index (χ1v) is 7.97. The zero-order valence-electron chi connectivity index (χ0n) is 12.0. The largest absolute Gasteiger partial charge is 0.343 e. The minimum Gasteiger partial charge on any atom is -0.343 e. The highest BCUT2D eigenvalue weighted by Gasteiger charge is 2.19. The van der Waals surface area contributed by atoms with E-state index in [0.717, 1.165) is 42.9 Å². The second-order valence-corrected chi connectivity index (χ2v) is 5.68. The number of aryl methyl sites for hydroxylation is 2. The Kier molecular flexibility index (Phi) is 4.39. The third kappa shape index (κ3) is 3.02. The van der Waals surface area contributed by atoms with Gasteiger partial charge < -0.3 is 9.47 Å². The average molecular weight is 307 g/mol. The van der Waals surface area contributed by atoms with Crippen molar-refractivity contribution in [2.45, 2.75) is 32.2 Å². The van der Waals surface area contributed by atoms with Crippen molar-refractivity contribution < 1.29 is 4.79 Å². The molecule has 3 heterocycles. The van der Waals surface area contributed by atoms with Crippen molar-refractivity contribution in [2.24, 2.45) is 0 Å². The number of carbonyl (C=O) groups excluding carboxylic acids is 1. The van der Waals surface area contributed by atoms with Crippen LogP contribution in [-0.4, -0.2) is 44.3 Å². The van der Waals surface area contributed by atoms with E-state index < -0.39 is 0 Å². The lowest BCUT2D eigenvalue weighted by atomic mass is 10.3. The molecule has 1 amide bonds. The molecule has 0 unspecified atom stereocenters. The van der Waals surface area contributed by atoms with Gasteiger partial charge in [-0.05, 0) is 25.0 Å². The molecule has 0 bridgehead atoms. The SMILES string of the molecule is O=C(CCn1c(CCCl)nc2cccnc21)N1CCCC1. The molecule has 2 aromatic heterocycles. The van der Waals surface area contributed by atoms with Gasteiger partial charge in [0.15, 0.2) is 5.65 Å². The lowest BCUT2D eigenvalue weighted by Crippen LogP contribution is -2.28. The van der Waals surface area contributed by atoms with E-state index in [1.807, 2.05) is 21.6 Å². The summed E-state index contributed by atoms with van der Waals surface area (Å²) in [5, 5.41) is 0. The lowest BCUT2D eigenvalue weighted by molar-refractivity contribution is -0.130. The van der Waals surface area contributed by atoms with Crippen molar-refractivity contribution in [3.63, 3.8) is 0 Å². The Bertz CT molecular complexity index is 634. The summed E-state index contributed by atoms with van der Waals surface area (Å²) >= 11 is 5.85. The van der Waals surface area contributed by atoms with Gasteiger partial charge in [0.2, 0.25) is 5.91 Å². The Morgan fingerprint density at radius 1 is 1.33 bits per heavy atom. The molecular weight excluding hydrogens is 288 g/mol. The van der Waals surface area contributed by atoms with Crippen molar-refractivity contribution in [3.8, 4) is 0 Å². The van der Waals surface area contributed by atoms with Crippen molar-refractivity contribution in [1.82, 2.24) is 19.4 Å². The zero-order valence-corrected chi connectivity index (χ0v) is 12.7. The van der Waals surface area contributed by atoms with Gasteiger partial charge in [-0.25, -0.2) is 9.97 Å². The van der Waals surface area contributed by atoms with E-state index in [0.29, 0.717) is 25.3 Å². The average Bonchev–Trinajstić information content (AvgIpc) is 3.13. The molecule has 0 spiro atoms. The standard InChI is InChI=1S/C15H19ClN4O/c16-7-5-13-18-12-4-3-8-17-15(12)20(13)11-6-14(21)19-9-1-2-10-19/h3-4,8H,1-2,5-7,9-11H2. The summed E-state index contributed by atoms with van der Waals surface area (Å²) in [5.74, 6) is 1.65. The fourth-order valence-corrected chi connectivity index (χ4v) is 3.02. The van der Waals surface area contributed by atoms with Crippen LogP contribution < -0.4 is 0 Å². The number of aromatic nitrogens is 3. The van der Waals surface area contributed by atoms with Crippen LogP contribution in [0, 0.1) is 0 Å². The first kappa shape index (κ1) is 14.3. The van der Waals surface area contributed by atoms with Crippen LogP contribution in [0.4, 0.5) is 0 Å². The van der Waals surface area contributed by atoms with Gasteiger partial charge in [0, 0.05) is 44.6 Å². The summed E-state index contributed by atoms with van der Waals surface area (Å²) in [4.78, 5) is 23.1. The number of hydrogen-bond donors (Lipinski definition) is 0. The van der Waals surface area contributed by atoms with Gasteiger partial charge in [0.1, 0.15) is 11.3 Å². The summed E-state index contributed by atoms with van der Waals surface area (Å²) in [7, 11) is 0. The van der Waals surface area contributed by atoms with E-state index in [-0.39, 0.29) is 5.91 Å². The summed E-state index contributed by atoms with van der Waals surface area (Å²) < 4.78 is 2.03. The van der Waals surface area contributed by atoms with E-state index in [1.165, 1.54) is 0 Å². The van der Waals surface area contributed by atoms with Gasteiger partial charge in [0.05, 0.1) is 0 Å². The smallest absolute Gasteiger partial charge is 0.224 e. The molecule has 5 nitrogen and oxygen atoms in total. The summed E-state index contributed by atoms with van der Waals surface area (Å²) in [6, 6.07) is 3.82. The Balaban J connectivity index is 1.78. The number of rotatable bonds is 5. The molecule has 3 rings (SSSR count). The van der Waals surface area contributed by atoms with Crippen LogP contribution in [0.3, 0.4) is 0 Å². The fourth-order valence-electron chi connectivity index (χ4n) is 2.85. The van der Waals surface area contributed by atoms with Crippen molar-refractivity contribution in [1.29, 1.82) is 0 Å². The third-order valence-electron chi connectivity index (χ3n) is 3.91. The predicted octanol–water partition coefficient (Wildman–Crippen LogP) is 2.23. The lowest BCUT2D eigenvalue weighted by Gasteiger charge is -2.15. The zero-order chi connectivity index (χ0) is 14.7. The number of hydrogen-bond acceptors (Lipinski definition) is 3. The summed E-state index contributed by atoms with van der Waals surface area (Å²) in [6.45, 7) is 2.42. The summed E-state index contributed by atoms with van der Waals surface area (Å²) in [5.41, 5.74) is 1.71. The first-order valence-electron chi connectivity index (χ1n) is 7.43. The maximum atomic E-state index is 12.2. The number of pyridine rings is 1. The van der Waals surface area contributed by atoms with Gasteiger partial charge in [-0.3, -0.25) is 4.79 Å². The molecule has 112 valence electrons. The van der Waals surface area contributed by atoms with E-state index in [1.54, 1.807) is 6.20 Å². The molecule has 1 fully saturated rings. The number of halogens is 1. The highest BCUT2D eigenvalue weighted by atomic mass is 35.5. The van der Waals surface area contributed by atoms with Crippen LogP contribution in [0.25, 0.3) is 11.2 Å². The van der Waals surface area contributed by atoms with Crippen LogP contribution in [0.5, 0.6) is 0 Å². The Labute approximate surface area is 128 Å². The van der Waals surface area contributed by atoms with Gasteiger partial charge >= 0.3 is 0 Å². The first-order chi connectivity index (χ1) is 10.3. The minimum absolute atomic E-state index is 0.224. The molecule has 0 atom stereocenters. The number of nitrogens with zero attached hydrogens (tertiary/aromatic N) is 4. The fraction of sp³-hybridized carbons (Fsp3) is 0.533. The van der Waals surface area contributed by atoms with E-state index in [4.69, 9.17) is 11.6 Å². The van der Waals surface area contributed by atoms with Gasteiger partial charge in [-0.2, -0.15) is 0 Å². The van der Waals surface area contributed by atoms with Gasteiger partial charge in [-0.1, -0.05) is 0 Å². The molecule has 0 N–H and O–H groups in total. The van der Waals surface area contributed by atoms with Crippen molar-refractivity contribution in [2.75, 3.05) is 19.0 Å². The minimum atomic E-state index is 0.224. The number of amides is 1. The van der Waals surface area contributed by atoms with Crippen LogP contribution in [0.1, 0.15) is 25.1 Å². The Morgan fingerprint density at radius 2 is 2.14 bits per heavy atom. The molecule has 6 heteroatoms. The van der Waals surface area contributed by atoms with Gasteiger partial charge in [0.25, 0.3) is 0 Å². The van der Waals surface area contributed by atoms with Crippen molar-refractivity contribution in [3.05, 3.63) is 24.2 Å². The Morgan fingerprint density at radius 3 is 2.90 bits per heavy atom. The molecular formula is C15H19ClN4O. The molecule has 0 aromatic carbocycles. The predicted molar refractivity (Wildman–Crippen MR) is 82.4 cm³/mol. The summed E-state index contributed by atoms with van der Waals surface area (Å²) in [6.07, 6.45) is 5.19. The van der Waals surface area contributed by atoms with E-state index in [2.05, 4.69) is 9.97 Å². The molecule has 1 aliphatic rings. The molecule has 1 saturated heterocycles. The third-order valence-corrected chi connectivity index (χ3v) is 4.10. The second-order valence-electron chi connectivity index (χ2n) is 5.30. The van der Waals surface area contributed by atoms with Crippen molar-refractivity contribution >= 4 is 28.7 Å². The Hall–Kier alpha value is -1.62. The highest BCUT2D eigenvalue weighted by Crippen LogP contribution is 2.16. The molecule has 0 radical (unpaired) electrons. The second kappa shape index (κ2) is 6.43. The number of likely N-dealkylation sites (tertiary alicyclic amines) is 1. The monoisotopic (exact) mass is 306 g/mol. The molecule has 2 aromatic rings. The number of alkyl halides is 1. The number of carbonyl (C=O) groups is 1. The van der Waals surface area contributed by atoms with Crippen LogP contribution >= 0.6 is 11.6 Å². The topological polar surface area (TPSA) is 51.0 Å². The maximum Gasteiger partial charge on any atom is 0.224 e. The van der Waals surface area contributed by atoms with Crippen LogP contribution in [0.2, 0.25) is 0 Å². The quantitative estimate of drug-likeness (QED) is 0.796. The normalized spacial score (nSPS) is 15.0. The molecule has 1 aliphatic heterocycles. The van der Waals surface area contributed by atoms with Gasteiger partial charge in [-0.15, -0.1) is 11.6 Å². The molecule has 21 heavy (non-hydrogen) atoms. The van der Waals surface area contributed by atoms with Crippen LogP contribution in [0.15, 0.2) is 18.3 Å². The maximum absolute atomic E-state index is 12.2. The highest BCUT2D eigenvalue weighted by molar-refractivity contribution is 6.17.